The SMILES string of the molecule is C=C(NCCOCCOC(=CCC)CCC)C(C)(C)C(C)(C)SC(C)(C)C. The van der Waals surface area contributed by atoms with Crippen molar-refractivity contribution in [3.8, 4) is 0 Å². The van der Waals surface area contributed by atoms with E-state index < -0.39 is 0 Å². The Morgan fingerprint density at radius 3 is 2.15 bits per heavy atom. The maximum absolute atomic E-state index is 5.79. The Balaban J connectivity index is 4.20. The number of allylic oxidation sites excluding steroid dienone is 3. The molecule has 160 valence electrons. The first-order valence-electron chi connectivity index (χ1n) is 10.4. The molecule has 0 saturated heterocycles. The van der Waals surface area contributed by atoms with Crippen molar-refractivity contribution in [2.45, 2.75) is 91.1 Å². The topological polar surface area (TPSA) is 30.5 Å². The van der Waals surface area contributed by atoms with Crippen LogP contribution < -0.4 is 5.32 Å². The Labute approximate surface area is 173 Å². The van der Waals surface area contributed by atoms with E-state index in [0.717, 1.165) is 37.3 Å². The van der Waals surface area contributed by atoms with E-state index >= 15 is 0 Å². The highest BCUT2D eigenvalue weighted by atomic mass is 32.2. The first-order valence-corrected chi connectivity index (χ1v) is 11.2. The van der Waals surface area contributed by atoms with Crippen LogP contribution in [0.15, 0.2) is 24.1 Å². The average Bonchev–Trinajstić information content (AvgIpc) is 2.51. The number of ether oxygens (including phenoxy) is 2. The van der Waals surface area contributed by atoms with Crippen LogP contribution in [0.5, 0.6) is 0 Å². The molecule has 0 aromatic carbocycles. The molecule has 0 atom stereocenters. The molecule has 0 aromatic heterocycles. The van der Waals surface area contributed by atoms with E-state index in [4.69, 9.17) is 9.47 Å². The first kappa shape index (κ1) is 26.4. The van der Waals surface area contributed by atoms with Gasteiger partial charge in [-0.05, 0) is 32.8 Å². The zero-order valence-electron chi connectivity index (χ0n) is 19.5. The molecule has 1 N–H and O–H groups in total. The van der Waals surface area contributed by atoms with Crippen molar-refractivity contribution >= 4 is 11.8 Å². The normalized spacial score (nSPS) is 13.6. The molecule has 0 rings (SSSR count). The van der Waals surface area contributed by atoms with Crippen LogP contribution in [0.2, 0.25) is 0 Å². The minimum Gasteiger partial charge on any atom is -0.496 e. The van der Waals surface area contributed by atoms with Crippen molar-refractivity contribution in [2.75, 3.05) is 26.4 Å². The molecule has 27 heavy (non-hydrogen) atoms. The molecule has 0 unspecified atom stereocenters. The lowest BCUT2D eigenvalue weighted by atomic mass is 9.77. The van der Waals surface area contributed by atoms with Gasteiger partial charge in [0, 0.05) is 33.6 Å². The van der Waals surface area contributed by atoms with Gasteiger partial charge >= 0.3 is 0 Å². The van der Waals surface area contributed by atoms with Crippen molar-refractivity contribution < 1.29 is 9.47 Å². The van der Waals surface area contributed by atoms with Crippen molar-refractivity contribution in [3.63, 3.8) is 0 Å². The Morgan fingerprint density at radius 2 is 1.63 bits per heavy atom. The van der Waals surface area contributed by atoms with Gasteiger partial charge < -0.3 is 14.8 Å². The van der Waals surface area contributed by atoms with E-state index in [0.29, 0.717) is 19.8 Å². The van der Waals surface area contributed by atoms with E-state index in [2.05, 4.69) is 80.3 Å². The van der Waals surface area contributed by atoms with Crippen LogP contribution in [-0.2, 0) is 9.47 Å². The largest absolute Gasteiger partial charge is 0.496 e. The van der Waals surface area contributed by atoms with Gasteiger partial charge in [-0.15, -0.1) is 11.8 Å². The summed E-state index contributed by atoms with van der Waals surface area (Å²) in [5.41, 5.74) is 1.04. The van der Waals surface area contributed by atoms with Gasteiger partial charge in [0.1, 0.15) is 6.61 Å². The predicted octanol–water partition coefficient (Wildman–Crippen LogP) is 6.55. The fourth-order valence-corrected chi connectivity index (χ4v) is 4.70. The summed E-state index contributed by atoms with van der Waals surface area (Å²) in [6.45, 7) is 27.2. The molecule has 0 aliphatic heterocycles. The van der Waals surface area contributed by atoms with Gasteiger partial charge in [0.05, 0.1) is 19.0 Å². The molecule has 3 nitrogen and oxygen atoms in total. The summed E-state index contributed by atoms with van der Waals surface area (Å²) in [5, 5.41) is 3.47. The van der Waals surface area contributed by atoms with Gasteiger partial charge in [0.2, 0.25) is 0 Å². The predicted molar refractivity (Wildman–Crippen MR) is 122 cm³/mol. The molecule has 0 amide bonds. The van der Waals surface area contributed by atoms with Crippen LogP contribution in [0.3, 0.4) is 0 Å². The maximum atomic E-state index is 5.79. The zero-order chi connectivity index (χ0) is 21.1. The molecule has 0 aliphatic carbocycles. The van der Waals surface area contributed by atoms with E-state index in [1.807, 2.05) is 11.8 Å². The van der Waals surface area contributed by atoms with E-state index in [9.17, 15) is 0 Å². The van der Waals surface area contributed by atoms with Crippen LogP contribution in [0.25, 0.3) is 0 Å². The summed E-state index contributed by atoms with van der Waals surface area (Å²) in [6, 6.07) is 0. The zero-order valence-corrected chi connectivity index (χ0v) is 20.3. The molecule has 0 saturated carbocycles. The molecule has 0 radical (unpaired) electrons. The van der Waals surface area contributed by atoms with E-state index in [1.54, 1.807) is 0 Å². The molecule has 4 heteroatoms. The molecule has 0 aromatic rings. The van der Waals surface area contributed by atoms with Crippen LogP contribution >= 0.6 is 11.8 Å². The lowest BCUT2D eigenvalue weighted by Crippen LogP contribution is -2.44. The first-order chi connectivity index (χ1) is 12.4. The molecule has 0 aliphatic rings. The average molecular weight is 400 g/mol. The highest BCUT2D eigenvalue weighted by molar-refractivity contribution is 8.01. The summed E-state index contributed by atoms with van der Waals surface area (Å²) in [4.78, 5) is 0. The van der Waals surface area contributed by atoms with Crippen molar-refractivity contribution in [1.29, 1.82) is 0 Å². The molecule has 0 fully saturated rings. The molecule has 0 spiro atoms. The van der Waals surface area contributed by atoms with Crippen molar-refractivity contribution in [2.24, 2.45) is 5.41 Å². The number of hydrogen-bond donors (Lipinski definition) is 1. The van der Waals surface area contributed by atoms with Gasteiger partial charge in [-0.25, -0.2) is 0 Å². The second kappa shape index (κ2) is 12.1. The smallest absolute Gasteiger partial charge is 0.111 e. The summed E-state index contributed by atoms with van der Waals surface area (Å²) in [6.07, 6.45) is 5.29. The second-order valence-electron chi connectivity index (χ2n) is 9.04. The fourth-order valence-electron chi connectivity index (χ4n) is 2.79. The third kappa shape index (κ3) is 10.5. The van der Waals surface area contributed by atoms with Crippen LogP contribution in [0, 0.1) is 5.41 Å². The fraction of sp³-hybridized carbons (Fsp3) is 0.826. The van der Waals surface area contributed by atoms with Crippen molar-refractivity contribution in [1.82, 2.24) is 5.32 Å². The summed E-state index contributed by atoms with van der Waals surface area (Å²) >= 11 is 2.00. The number of thioether (sulfide) groups is 1. The molecular formula is C23H45NO2S. The Bertz CT molecular complexity index is 461. The van der Waals surface area contributed by atoms with Crippen molar-refractivity contribution in [3.05, 3.63) is 24.1 Å². The van der Waals surface area contributed by atoms with Gasteiger partial charge in [0.25, 0.3) is 0 Å². The van der Waals surface area contributed by atoms with Crippen LogP contribution in [-0.4, -0.2) is 35.9 Å². The maximum Gasteiger partial charge on any atom is 0.111 e. The van der Waals surface area contributed by atoms with Gasteiger partial charge in [-0.1, -0.05) is 55.0 Å². The standard InChI is InChI=1S/C23H45NO2S/c1-11-13-20(14-12-2)26-18-17-25-16-15-24-19(3)22(7,8)23(9,10)27-21(4,5)6/h13,24H,3,11-12,14-18H2,1-2,4-10H3. The Hall–Kier alpha value is -0.610. The monoisotopic (exact) mass is 399 g/mol. The highest BCUT2D eigenvalue weighted by Gasteiger charge is 2.42. The van der Waals surface area contributed by atoms with E-state index in [1.165, 1.54) is 0 Å². The Morgan fingerprint density at radius 1 is 1.00 bits per heavy atom. The number of hydrogen-bond acceptors (Lipinski definition) is 4. The summed E-state index contributed by atoms with van der Waals surface area (Å²) in [5.74, 6) is 1.09. The number of rotatable bonds is 14. The van der Waals surface area contributed by atoms with Gasteiger partial charge in [-0.2, -0.15) is 0 Å². The van der Waals surface area contributed by atoms with Crippen LogP contribution in [0.4, 0.5) is 0 Å². The van der Waals surface area contributed by atoms with Gasteiger partial charge in [0.15, 0.2) is 0 Å². The lowest BCUT2D eigenvalue weighted by Gasteiger charge is -2.46. The third-order valence-electron chi connectivity index (χ3n) is 4.85. The Kier molecular flexibility index (Phi) is 11.8. The summed E-state index contributed by atoms with van der Waals surface area (Å²) < 4.78 is 11.8. The highest BCUT2D eigenvalue weighted by Crippen LogP contribution is 2.49. The molecule has 0 bridgehead atoms. The third-order valence-corrected chi connectivity index (χ3v) is 6.48. The molecule has 0 heterocycles. The van der Waals surface area contributed by atoms with E-state index in [-0.39, 0.29) is 14.9 Å². The van der Waals surface area contributed by atoms with Crippen LogP contribution in [0.1, 0.15) is 81.6 Å². The number of nitrogens with one attached hydrogen (secondary N) is 1. The second-order valence-corrected chi connectivity index (χ2v) is 11.5. The summed E-state index contributed by atoms with van der Waals surface area (Å²) in [7, 11) is 0. The quantitative estimate of drug-likeness (QED) is 0.265. The lowest BCUT2D eigenvalue weighted by molar-refractivity contribution is 0.0745. The minimum absolute atomic E-state index is 0.0337. The molecular weight excluding hydrogens is 354 g/mol. The minimum atomic E-state index is -0.0337. The van der Waals surface area contributed by atoms with Gasteiger partial charge in [-0.3, -0.25) is 0 Å².